The van der Waals surface area contributed by atoms with Crippen LogP contribution in [0.3, 0.4) is 0 Å². The summed E-state index contributed by atoms with van der Waals surface area (Å²) in [7, 11) is -1.83. The summed E-state index contributed by atoms with van der Waals surface area (Å²) in [4.78, 5) is 11.9. The number of hydrogen-bond acceptors (Lipinski definition) is 4. The third kappa shape index (κ3) is 6.29. The predicted octanol–water partition coefficient (Wildman–Crippen LogP) is 1.38. The van der Waals surface area contributed by atoms with Crippen molar-refractivity contribution < 1.29 is 17.6 Å². The van der Waals surface area contributed by atoms with Crippen molar-refractivity contribution in [2.75, 3.05) is 19.3 Å². The third-order valence-corrected chi connectivity index (χ3v) is 5.09. The first-order valence-corrected chi connectivity index (χ1v) is 8.34. The summed E-state index contributed by atoms with van der Waals surface area (Å²) in [5.74, 6) is -1.80. The van der Waals surface area contributed by atoms with Gasteiger partial charge in [-0.15, -0.1) is 12.4 Å². The molecule has 0 aliphatic carbocycles. The molecule has 1 rings (SSSR count). The van der Waals surface area contributed by atoms with Gasteiger partial charge in [0.15, 0.2) is 9.84 Å². The van der Waals surface area contributed by atoms with E-state index in [9.17, 15) is 17.6 Å². The Labute approximate surface area is 137 Å². The summed E-state index contributed by atoms with van der Waals surface area (Å²) < 4.78 is 37.1. The summed E-state index contributed by atoms with van der Waals surface area (Å²) >= 11 is 0. The van der Waals surface area contributed by atoms with E-state index in [-0.39, 0.29) is 35.0 Å². The monoisotopic (exact) mass is 352 g/mol. The van der Waals surface area contributed by atoms with E-state index in [1.165, 1.54) is 12.1 Å². The highest BCUT2D eigenvalue weighted by atomic mass is 35.5. The molecule has 0 aliphatic rings. The molecule has 1 aromatic rings. The minimum absolute atomic E-state index is 0. The van der Waals surface area contributed by atoms with Crippen LogP contribution in [0.2, 0.25) is 0 Å². The number of nitrogens with one attached hydrogen (secondary N) is 2. The molecule has 22 heavy (non-hydrogen) atoms. The van der Waals surface area contributed by atoms with Crippen LogP contribution in [0.15, 0.2) is 29.2 Å². The lowest BCUT2D eigenvalue weighted by molar-refractivity contribution is -0.123. The van der Waals surface area contributed by atoms with Gasteiger partial charge in [0.2, 0.25) is 5.91 Å². The minimum atomic E-state index is -3.61. The van der Waals surface area contributed by atoms with Crippen molar-refractivity contribution in [3.8, 4) is 0 Å². The molecule has 0 bridgehead atoms. The molecular formula is C14H22ClFN2O3S. The number of amides is 1. The Morgan fingerprint density at radius 3 is 2.27 bits per heavy atom. The SMILES string of the molecule is CNC(C)CNC(=O)C(C)CS(=O)(=O)c1ccc(F)cc1.Cl. The Hall–Kier alpha value is -1.18. The molecule has 0 fully saturated rings. The van der Waals surface area contributed by atoms with Crippen LogP contribution in [0.1, 0.15) is 13.8 Å². The second-order valence-corrected chi connectivity index (χ2v) is 7.11. The molecule has 126 valence electrons. The van der Waals surface area contributed by atoms with E-state index in [0.717, 1.165) is 12.1 Å². The number of carbonyl (C=O) groups excluding carboxylic acids is 1. The van der Waals surface area contributed by atoms with E-state index in [0.29, 0.717) is 6.54 Å². The van der Waals surface area contributed by atoms with E-state index in [1.807, 2.05) is 6.92 Å². The molecule has 0 radical (unpaired) electrons. The normalized spacial score (nSPS) is 13.8. The molecular weight excluding hydrogens is 331 g/mol. The van der Waals surface area contributed by atoms with Gasteiger partial charge in [-0.3, -0.25) is 4.79 Å². The topological polar surface area (TPSA) is 75.3 Å². The molecule has 1 amide bonds. The fourth-order valence-electron chi connectivity index (χ4n) is 1.67. The van der Waals surface area contributed by atoms with E-state index in [1.54, 1.807) is 14.0 Å². The first kappa shape index (κ1) is 20.8. The lowest BCUT2D eigenvalue weighted by atomic mass is 10.2. The van der Waals surface area contributed by atoms with Crippen molar-refractivity contribution in [1.82, 2.24) is 10.6 Å². The Bertz CT molecular complexity index is 578. The number of rotatable bonds is 7. The van der Waals surface area contributed by atoms with E-state index < -0.39 is 21.6 Å². The van der Waals surface area contributed by atoms with Gasteiger partial charge >= 0.3 is 0 Å². The third-order valence-electron chi connectivity index (χ3n) is 3.17. The number of benzene rings is 1. The Balaban J connectivity index is 0.00000441. The van der Waals surface area contributed by atoms with Gasteiger partial charge in [0.1, 0.15) is 5.82 Å². The number of sulfone groups is 1. The van der Waals surface area contributed by atoms with Crippen molar-refractivity contribution in [3.05, 3.63) is 30.1 Å². The number of likely N-dealkylation sites (N-methyl/N-ethyl adjacent to an activating group) is 1. The summed E-state index contributed by atoms with van der Waals surface area (Å²) in [5, 5.41) is 5.66. The van der Waals surface area contributed by atoms with Crippen LogP contribution in [-0.4, -0.2) is 39.7 Å². The fourth-order valence-corrected chi connectivity index (χ4v) is 3.23. The lowest BCUT2D eigenvalue weighted by Crippen LogP contribution is -2.40. The second-order valence-electron chi connectivity index (χ2n) is 5.07. The van der Waals surface area contributed by atoms with Crippen LogP contribution in [0, 0.1) is 11.7 Å². The molecule has 0 spiro atoms. The zero-order chi connectivity index (χ0) is 16.0. The van der Waals surface area contributed by atoms with Gasteiger partial charge in [0.05, 0.1) is 10.6 Å². The summed E-state index contributed by atoms with van der Waals surface area (Å²) in [6.45, 7) is 3.89. The smallest absolute Gasteiger partial charge is 0.223 e. The number of carbonyl (C=O) groups is 1. The summed E-state index contributed by atoms with van der Waals surface area (Å²) in [5.41, 5.74) is 0. The Kier molecular flexibility index (Phi) is 8.58. The maximum absolute atomic E-state index is 12.8. The van der Waals surface area contributed by atoms with Crippen molar-refractivity contribution in [1.29, 1.82) is 0 Å². The van der Waals surface area contributed by atoms with Crippen LogP contribution in [0.5, 0.6) is 0 Å². The molecule has 0 saturated carbocycles. The molecule has 0 aromatic heterocycles. The Morgan fingerprint density at radius 2 is 1.77 bits per heavy atom. The standard InChI is InChI=1S/C14H21FN2O3S.ClH/c1-10(14(18)17-8-11(2)16-3)9-21(19,20)13-6-4-12(15)5-7-13;/h4-7,10-11,16H,8-9H2,1-3H3,(H,17,18);1H. The average Bonchev–Trinajstić information content (AvgIpc) is 2.44. The van der Waals surface area contributed by atoms with Gasteiger partial charge in [0, 0.05) is 18.5 Å². The maximum Gasteiger partial charge on any atom is 0.223 e. The Morgan fingerprint density at radius 1 is 1.23 bits per heavy atom. The van der Waals surface area contributed by atoms with Gasteiger partial charge in [-0.1, -0.05) is 6.92 Å². The molecule has 2 N–H and O–H groups in total. The lowest BCUT2D eigenvalue weighted by Gasteiger charge is -2.15. The quantitative estimate of drug-likeness (QED) is 0.727. The number of hydrogen-bond donors (Lipinski definition) is 2. The van der Waals surface area contributed by atoms with Gasteiger partial charge in [-0.25, -0.2) is 12.8 Å². The van der Waals surface area contributed by atoms with E-state index in [4.69, 9.17) is 0 Å². The van der Waals surface area contributed by atoms with Gasteiger partial charge in [-0.05, 0) is 38.2 Å². The maximum atomic E-state index is 12.8. The molecule has 0 saturated heterocycles. The van der Waals surface area contributed by atoms with Crippen LogP contribution < -0.4 is 10.6 Å². The van der Waals surface area contributed by atoms with E-state index >= 15 is 0 Å². The van der Waals surface area contributed by atoms with Crippen LogP contribution in [0.4, 0.5) is 4.39 Å². The zero-order valence-electron chi connectivity index (χ0n) is 12.8. The predicted molar refractivity (Wildman–Crippen MR) is 86.4 cm³/mol. The van der Waals surface area contributed by atoms with Crippen LogP contribution in [-0.2, 0) is 14.6 Å². The largest absolute Gasteiger partial charge is 0.354 e. The summed E-state index contributed by atoms with van der Waals surface area (Å²) in [6, 6.07) is 4.70. The van der Waals surface area contributed by atoms with Gasteiger partial charge < -0.3 is 10.6 Å². The highest BCUT2D eigenvalue weighted by Crippen LogP contribution is 2.15. The highest BCUT2D eigenvalue weighted by Gasteiger charge is 2.23. The van der Waals surface area contributed by atoms with Crippen molar-refractivity contribution in [2.24, 2.45) is 5.92 Å². The van der Waals surface area contributed by atoms with E-state index in [2.05, 4.69) is 10.6 Å². The zero-order valence-corrected chi connectivity index (χ0v) is 14.4. The highest BCUT2D eigenvalue weighted by molar-refractivity contribution is 7.91. The first-order chi connectivity index (χ1) is 9.76. The summed E-state index contributed by atoms with van der Waals surface area (Å²) in [6.07, 6.45) is 0. The number of halogens is 2. The average molecular weight is 353 g/mol. The molecule has 2 unspecified atom stereocenters. The fraction of sp³-hybridized carbons (Fsp3) is 0.500. The minimum Gasteiger partial charge on any atom is -0.354 e. The molecule has 8 heteroatoms. The van der Waals surface area contributed by atoms with Crippen LogP contribution >= 0.6 is 12.4 Å². The second kappa shape index (κ2) is 9.07. The van der Waals surface area contributed by atoms with Gasteiger partial charge in [-0.2, -0.15) is 0 Å². The molecule has 0 aliphatic heterocycles. The van der Waals surface area contributed by atoms with Crippen molar-refractivity contribution in [2.45, 2.75) is 24.8 Å². The van der Waals surface area contributed by atoms with Gasteiger partial charge in [0.25, 0.3) is 0 Å². The van der Waals surface area contributed by atoms with Crippen LogP contribution in [0.25, 0.3) is 0 Å². The van der Waals surface area contributed by atoms with Crippen molar-refractivity contribution >= 4 is 28.2 Å². The van der Waals surface area contributed by atoms with Crippen molar-refractivity contribution in [3.63, 3.8) is 0 Å². The first-order valence-electron chi connectivity index (χ1n) is 6.69. The molecule has 1 aromatic carbocycles. The molecule has 5 nitrogen and oxygen atoms in total. The molecule has 0 heterocycles. The molecule has 2 atom stereocenters.